The fourth-order valence-corrected chi connectivity index (χ4v) is 2.82. The van der Waals surface area contributed by atoms with Crippen LogP contribution < -0.4 is 0 Å². The second kappa shape index (κ2) is 7.58. The highest BCUT2D eigenvalue weighted by Crippen LogP contribution is 2.28. The predicted molar refractivity (Wildman–Crippen MR) is 95.7 cm³/mol. The molecule has 3 aromatic rings. The molecule has 0 aliphatic carbocycles. The zero-order valence-corrected chi connectivity index (χ0v) is 14.1. The van der Waals surface area contributed by atoms with E-state index in [2.05, 4.69) is 4.98 Å². The quantitative estimate of drug-likeness (QED) is 0.719. The Kier molecular flexibility index (Phi) is 5.04. The highest BCUT2D eigenvalue weighted by Gasteiger charge is 2.25. The number of pyridine rings is 1. The maximum absolute atomic E-state index is 13.8. The lowest BCUT2D eigenvalue weighted by Gasteiger charge is -2.28. The molecule has 0 fully saturated rings. The molecule has 1 aromatic heterocycles. The Labute approximate surface area is 151 Å². The third-order valence-electron chi connectivity index (χ3n) is 4.10. The Hall–Kier alpha value is -3.52. The third-order valence-corrected chi connectivity index (χ3v) is 4.10. The van der Waals surface area contributed by atoms with Crippen LogP contribution in [0.2, 0.25) is 0 Å². The van der Waals surface area contributed by atoms with Crippen LogP contribution in [-0.4, -0.2) is 22.8 Å². The number of hydrogen-bond donors (Lipinski definition) is 0. The van der Waals surface area contributed by atoms with Crippen molar-refractivity contribution in [2.45, 2.75) is 6.04 Å². The zero-order chi connectivity index (χ0) is 18.5. The van der Waals surface area contributed by atoms with Crippen molar-refractivity contribution in [3.8, 4) is 6.07 Å². The first kappa shape index (κ1) is 17.3. The summed E-state index contributed by atoms with van der Waals surface area (Å²) in [5.41, 5.74) is 2.20. The number of rotatable bonds is 4. The highest BCUT2D eigenvalue weighted by atomic mass is 19.1. The molecular formula is C21H16FN3O. The monoisotopic (exact) mass is 345 g/mol. The van der Waals surface area contributed by atoms with Crippen LogP contribution in [0.5, 0.6) is 0 Å². The maximum Gasteiger partial charge on any atom is 0.254 e. The largest absolute Gasteiger partial charge is 0.329 e. The molecule has 1 unspecified atom stereocenters. The molecule has 0 saturated carbocycles. The average Bonchev–Trinajstić information content (AvgIpc) is 2.68. The van der Waals surface area contributed by atoms with Gasteiger partial charge in [-0.1, -0.05) is 18.2 Å². The number of benzene rings is 2. The fourth-order valence-electron chi connectivity index (χ4n) is 2.82. The summed E-state index contributed by atoms with van der Waals surface area (Å²) in [6.45, 7) is 0. The van der Waals surface area contributed by atoms with Gasteiger partial charge in [0, 0.05) is 18.8 Å². The molecule has 5 heteroatoms. The van der Waals surface area contributed by atoms with Crippen molar-refractivity contribution in [1.29, 1.82) is 5.26 Å². The summed E-state index contributed by atoms with van der Waals surface area (Å²) in [5, 5.41) is 8.90. The van der Waals surface area contributed by atoms with Gasteiger partial charge in [0.2, 0.25) is 0 Å². The van der Waals surface area contributed by atoms with Gasteiger partial charge in [-0.25, -0.2) is 4.39 Å². The lowest BCUT2D eigenvalue weighted by Crippen LogP contribution is -2.32. The molecule has 0 spiro atoms. The average molecular weight is 345 g/mol. The Morgan fingerprint density at radius 2 is 1.88 bits per heavy atom. The minimum Gasteiger partial charge on any atom is -0.329 e. The van der Waals surface area contributed by atoms with Crippen molar-refractivity contribution in [1.82, 2.24) is 9.88 Å². The van der Waals surface area contributed by atoms with E-state index in [1.165, 1.54) is 17.0 Å². The van der Waals surface area contributed by atoms with Gasteiger partial charge in [-0.15, -0.1) is 0 Å². The molecule has 0 bridgehead atoms. The van der Waals surface area contributed by atoms with Crippen molar-refractivity contribution in [3.05, 3.63) is 101 Å². The van der Waals surface area contributed by atoms with Crippen LogP contribution in [0.3, 0.4) is 0 Å². The lowest BCUT2D eigenvalue weighted by molar-refractivity contribution is 0.0752. The maximum atomic E-state index is 13.8. The molecule has 26 heavy (non-hydrogen) atoms. The predicted octanol–water partition coefficient (Wildman–Crippen LogP) is 3.95. The first-order chi connectivity index (χ1) is 12.6. The highest BCUT2D eigenvalue weighted by molar-refractivity contribution is 5.94. The molecule has 1 amide bonds. The van der Waals surface area contributed by atoms with Crippen molar-refractivity contribution < 1.29 is 9.18 Å². The van der Waals surface area contributed by atoms with Crippen molar-refractivity contribution in [3.63, 3.8) is 0 Å². The lowest BCUT2D eigenvalue weighted by atomic mass is 10.0. The third kappa shape index (κ3) is 3.60. The smallest absolute Gasteiger partial charge is 0.254 e. The first-order valence-corrected chi connectivity index (χ1v) is 8.04. The van der Waals surface area contributed by atoms with Crippen LogP contribution in [0.25, 0.3) is 0 Å². The second-order valence-electron chi connectivity index (χ2n) is 5.82. The van der Waals surface area contributed by atoms with Crippen LogP contribution in [0.1, 0.15) is 33.2 Å². The topological polar surface area (TPSA) is 57.0 Å². The Morgan fingerprint density at radius 3 is 2.50 bits per heavy atom. The van der Waals surface area contributed by atoms with Gasteiger partial charge in [0.25, 0.3) is 5.91 Å². The number of carbonyl (C=O) groups excluding carboxylic acids is 1. The molecule has 0 N–H and O–H groups in total. The summed E-state index contributed by atoms with van der Waals surface area (Å²) in [7, 11) is 1.66. The minimum atomic E-state index is -0.532. The summed E-state index contributed by atoms with van der Waals surface area (Å²) in [5.74, 6) is -0.614. The molecule has 0 radical (unpaired) electrons. The Bertz CT molecular complexity index is 949. The van der Waals surface area contributed by atoms with E-state index >= 15 is 0 Å². The summed E-state index contributed by atoms with van der Waals surface area (Å²) in [6, 6.07) is 19.5. The number of hydrogen-bond acceptors (Lipinski definition) is 3. The molecule has 4 nitrogen and oxygen atoms in total. The van der Waals surface area contributed by atoms with E-state index in [-0.39, 0.29) is 11.7 Å². The number of aromatic nitrogens is 1. The number of halogens is 1. The van der Waals surface area contributed by atoms with Crippen LogP contribution in [0.15, 0.2) is 72.9 Å². The van der Waals surface area contributed by atoms with E-state index in [1.807, 2.05) is 12.1 Å². The summed E-state index contributed by atoms with van der Waals surface area (Å²) < 4.78 is 13.8. The van der Waals surface area contributed by atoms with Gasteiger partial charge in [-0.05, 0) is 54.1 Å². The van der Waals surface area contributed by atoms with Crippen molar-refractivity contribution in [2.75, 3.05) is 7.05 Å². The van der Waals surface area contributed by atoms with Crippen LogP contribution in [0, 0.1) is 17.1 Å². The van der Waals surface area contributed by atoms with Gasteiger partial charge in [0.15, 0.2) is 0 Å². The molecule has 1 atom stereocenters. The van der Waals surface area contributed by atoms with Gasteiger partial charge in [-0.2, -0.15) is 5.26 Å². The molecule has 2 aromatic carbocycles. The fraction of sp³-hybridized carbons (Fsp3) is 0.0952. The van der Waals surface area contributed by atoms with Gasteiger partial charge in [0.1, 0.15) is 5.82 Å². The number of amides is 1. The standard InChI is InChI=1S/C21H16FN3O/c1-25(21(26)16-10-8-15(14-23)9-11-16)20(19-7-2-3-12-24-19)17-5-4-6-18(22)13-17/h2-13,20H,1H3. The van der Waals surface area contributed by atoms with Crippen LogP contribution in [-0.2, 0) is 0 Å². The van der Waals surface area contributed by atoms with Crippen LogP contribution >= 0.6 is 0 Å². The van der Waals surface area contributed by atoms with E-state index in [0.29, 0.717) is 22.4 Å². The minimum absolute atomic E-state index is 0.241. The van der Waals surface area contributed by atoms with Crippen molar-refractivity contribution >= 4 is 5.91 Å². The molecule has 0 aliphatic heterocycles. The Morgan fingerprint density at radius 1 is 1.12 bits per heavy atom. The number of nitrogens with zero attached hydrogens (tertiary/aromatic N) is 3. The van der Waals surface area contributed by atoms with Gasteiger partial charge < -0.3 is 4.90 Å². The SMILES string of the molecule is CN(C(=O)c1ccc(C#N)cc1)C(c1cccc(F)c1)c1ccccn1. The van der Waals surface area contributed by atoms with Gasteiger partial charge in [0.05, 0.1) is 23.4 Å². The molecule has 1 heterocycles. The number of nitriles is 1. The molecule has 3 rings (SSSR count). The normalized spacial score (nSPS) is 11.4. The van der Waals surface area contributed by atoms with E-state index < -0.39 is 6.04 Å². The van der Waals surface area contributed by atoms with Crippen LogP contribution in [0.4, 0.5) is 4.39 Å². The molecule has 0 saturated heterocycles. The van der Waals surface area contributed by atoms with E-state index in [4.69, 9.17) is 5.26 Å². The number of carbonyl (C=O) groups is 1. The zero-order valence-electron chi connectivity index (χ0n) is 14.1. The van der Waals surface area contributed by atoms with Crippen molar-refractivity contribution in [2.24, 2.45) is 0 Å². The second-order valence-corrected chi connectivity index (χ2v) is 5.82. The van der Waals surface area contributed by atoms with E-state index in [9.17, 15) is 9.18 Å². The first-order valence-electron chi connectivity index (χ1n) is 8.04. The van der Waals surface area contributed by atoms with Gasteiger partial charge in [-0.3, -0.25) is 9.78 Å². The molecule has 0 aliphatic rings. The van der Waals surface area contributed by atoms with E-state index in [1.54, 1.807) is 61.8 Å². The summed E-state index contributed by atoms with van der Waals surface area (Å²) in [6.07, 6.45) is 1.64. The summed E-state index contributed by atoms with van der Waals surface area (Å²) >= 11 is 0. The van der Waals surface area contributed by atoms with E-state index in [0.717, 1.165) is 0 Å². The molecular weight excluding hydrogens is 329 g/mol. The van der Waals surface area contributed by atoms with Gasteiger partial charge >= 0.3 is 0 Å². The molecule has 128 valence electrons. The summed E-state index contributed by atoms with van der Waals surface area (Å²) in [4.78, 5) is 18.8. The Balaban J connectivity index is 2.00.